The molecule has 0 fully saturated rings. The van der Waals surface area contributed by atoms with Crippen LogP contribution in [0.2, 0.25) is 0 Å². The second-order valence-electron chi connectivity index (χ2n) is 2.54. The molecule has 0 N–H and O–H groups in total. The van der Waals surface area contributed by atoms with Crippen LogP contribution in [-0.2, 0) is 0 Å². The monoisotopic (exact) mass is 124 g/mol. The van der Waals surface area contributed by atoms with Gasteiger partial charge in [0.05, 0.1) is 0 Å². The minimum absolute atomic E-state index is 0.672. The zero-order valence-corrected chi connectivity index (χ0v) is 5.96. The van der Waals surface area contributed by atoms with Gasteiger partial charge >= 0.3 is 0 Å². The van der Waals surface area contributed by atoms with Crippen molar-refractivity contribution in [2.45, 2.75) is 20.3 Å². The van der Waals surface area contributed by atoms with Crippen LogP contribution in [0.1, 0.15) is 20.3 Å². The maximum Gasteiger partial charge on any atom is 0.119 e. The van der Waals surface area contributed by atoms with E-state index in [4.69, 9.17) is 0 Å². The van der Waals surface area contributed by atoms with Crippen LogP contribution in [0.5, 0.6) is 0 Å². The van der Waals surface area contributed by atoms with E-state index in [1.165, 1.54) is 0 Å². The lowest BCUT2D eigenvalue weighted by Crippen LogP contribution is -1.97. The summed E-state index contributed by atoms with van der Waals surface area (Å²) in [5, 5.41) is 0. The first-order valence-corrected chi connectivity index (χ1v) is 3.32. The van der Waals surface area contributed by atoms with Gasteiger partial charge in [0, 0.05) is 12.8 Å². The molecule has 1 atom stereocenters. The minimum Gasteiger partial charge on any atom is -0.271 e. The Morgan fingerprint density at radius 2 is 2.44 bits per heavy atom. The lowest BCUT2D eigenvalue weighted by Gasteiger charge is -1.98. The van der Waals surface area contributed by atoms with Crippen LogP contribution in [0.25, 0.3) is 0 Å². The van der Waals surface area contributed by atoms with E-state index in [0.29, 0.717) is 5.92 Å². The molecule has 2 nitrogen and oxygen atoms in total. The molecule has 0 aliphatic carbocycles. The maximum atomic E-state index is 4.22. The van der Waals surface area contributed by atoms with Crippen molar-refractivity contribution in [2.24, 2.45) is 15.9 Å². The summed E-state index contributed by atoms with van der Waals surface area (Å²) in [6.45, 7) is 5.06. The number of nitrogens with zero attached hydrogens (tertiary/aromatic N) is 2. The van der Waals surface area contributed by atoms with Crippen LogP contribution in [0.4, 0.5) is 0 Å². The summed E-state index contributed by atoms with van der Waals surface area (Å²) in [4.78, 5) is 8.32. The molecular weight excluding hydrogens is 112 g/mol. The average molecular weight is 124 g/mol. The van der Waals surface area contributed by atoms with Gasteiger partial charge in [0.1, 0.15) is 5.84 Å². The van der Waals surface area contributed by atoms with Crippen molar-refractivity contribution in [3.8, 4) is 0 Å². The fourth-order valence-corrected chi connectivity index (χ4v) is 0.768. The van der Waals surface area contributed by atoms with E-state index >= 15 is 0 Å². The van der Waals surface area contributed by atoms with E-state index < -0.39 is 0 Å². The SMILES string of the molecule is CC1=NC[C@H](C)CC=N1. The van der Waals surface area contributed by atoms with Crippen molar-refractivity contribution in [2.75, 3.05) is 6.54 Å². The van der Waals surface area contributed by atoms with Gasteiger partial charge in [0.2, 0.25) is 0 Å². The molecule has 1 heterocycles. The Kier molecular flexibility index (Phi) is 1.98. The fraction of sp³-hybridized carbons (Fsp3) is 0.714. The third-order valence-electron chi connectivity index (χ3n) is 1.42. The van der Waals surface area contributed by atoms with Crippen molar-refractivity contribution in [3.63, 3.8) is 0 Å². The quantitative estimate of drug-likeness (QED) is 0.467. The van der Waals surface area contributed by atoms with E-state index in [0.717, 1.165) is 18.8 Å². The smallest absolute Gasteiger partial charge is 0.119 e. The van der Waals surface area contributed by atoms with Crippen molar-refractivity contribution in [3.05, 3.63) is 0 Å². The molecule has 50 valence electrons. The first-order valence-electron chi connectivity index (χ1n) is 3.32. The molecule has 0 amide bonds. The number of hydrogen-bond acceptors (Lipinski definition) is 2. The van der Waals surface area contributed by atoms with Gasteiger partial charge in [-0.25, -0.2) is 4.99 Å². The molecule has 0 aromatic rings. The van der Waals surface area contributed by atoms with Gasteiger partial charge < -0.3 is 0 Å². The minimum atomic E-state index is 0.672. The Balaban J connectivity index is 2.58. The number of rotatable bonds is 0. The van der Waals surface area contributed by atoms with Crippen LogP contribution in [-0.4, -0.2) is 18.6 Å². The maximum absolute atomic E-state index is 4.22. The van der Waals surface area contributed by atoms with E-state index in [2.05, 4.69) is 16.9 Å². The highest BCUT2D eigenvalue weighted by atomic mass is 14.9. The standard InChI is InChI=1S/C7H12N2/c1-6-3-4-8-7(2)9-5-6/h4,6H,3,5H2,1-2H3/t6-/m1/s1. The highest BCUT2D eigenvalue weighted by Gasteiger charge is 2.01. The first kappa shape index (κ1) is 6.46. The van der Waals surface area contributed by atoms with Crippen LogP contribution >= 0.6 is 0 Å². The van der Waals surface area contributed by atoms with E-state index in [-0.39, 0.29) is 0 Å². The van der Waals surface area contributed by atoms with Crippen LogP contribution in [0.15, 0.2) is 9.98 Å². The molecule has 0 saturated carbocycles. The lowest BCUT2D eigenvalue weighted by molar-refractivity contribution is 0.633. The molecule has 9 heavy (non-hydrogen) atoms. The second kappa shape index (κ2) is 2.76. The van der Waals surface area contributed by atoms with Gasteiger partial charge in [0.15, 0.2) is 0 Å². The van der Waals surface area contributed by atoms with Crippen molar-refractivity contribution >= 4 is 12.1 Å². The van der Waals surface area contributed by atoms with E-state index in [1.54, 1.807) is 0 Å². The average Bonchev–Trinajstić information content (AvgIpc) is 1.97. The van der Waals surface area contributed by atoms with E-state index in [9.17, 15) is 0 Å². The Bertz CT molecular complexity index is 147. The largest absolute Gasteiger partial charge is 0.271 e. The third kappa shape index (κ3) is 1.96. The van der Waals surface area contributed by atoms with Gasteiger partial charge in [-0.15, -0.1) is 0 Å². The van der Waals surface area contributed by atoms with E-state index in [1.807, 2.05) is 13.1 Å². The number of hydrogen-bond donors (Lipinski definition) is 0. The molecule has 0 bridgehead atoms. The predicted octanol–water partition coefficient (Wildman–Crippen LogP) is 1.52. The summed E-state index contributed by atoms with van der Waals surface area (Å²) in [6.07, 6.45) is 3.03. The van der Waals surface area contributed by atoms with Crippen LogP contribution in [0, 0.1) is 5.92 Å². The summed E-state index contributed by atoms with van der Waals surface area (Å²) < 4.78 is 0. The molecule has 0 saturated heterocycles. The molecule has 0 aromatic carbocycles. The highest BCUT2D eigenvalue weighted by Crippen LogP contribution is 2.03. The molecule has 0 unspecified atom stereocenters. The third-order valence-corrected chi connectivity index (χ3v) is 1.42. The summed E-state index contributed by atoms with van der Waals surface area (Å²) in [6, 6.07) is 0. The summed E-state index contributed by atoms with van der Waals surface area (Å²) in [5.41, 5.74) is 0. The van der Waals surface area contributed by atoms with Crippen molar-refractivity contribution in [1.82, 2.24) is 0 Å². The van der Waals surface area contributed by atoms with Crippen molar-refractivity contribution in [1.29, 1.82) is 0 Å². The Morgan fingerprint density at radius 3 is 3.22 bits per heavy atom. The van der Waals surface area contributed by atoms with Crippen LogP contribution < -0.4 is 0 Å². The zero-order chi connectivity index (χ0) is 6.69. The normalized spacial score (nSPS) is 27.3. The number of amidine groups is 1. The van der Waals surface area contributed by atoms with Gasteiger partial charge in [0.25, 0.3) is 0 Å². The van der Waals surface area contributed by atoms with Crippen LogP contribution in [0.3, 0.4) is 0 Å². The topological polar surface area (TPSA) is 24.7 Å². The van der Waals surface area contributed by atoms with Crippen molar-refractivity contribution < 1.29 is 0 Å². The molecule has 0 aromatic heterocycles. The molecule has 2 heteroatoms. The summed E-state index contributed by atoms with van der Waals surface area (Å²) >= 11 is 0. The lowest BCUT2D eigenvalue weighted by atomic mass is 10.1. The van der Waals surface area contributed by atoms with Gasteiger partial charge in [-0.1, -0.05) is 6.92 Å². The molecular formula is C7H12N2. The first-order chi connectivity index (χ1) is 4.29. The summed E-state index contributed by atoms with van der Waals surface area (Å²) in [7, 11) is 0. The summed E-state index contributed by atoms with van der Waals surface area (Å²) in [5.74, 6) is 1.59. The predicted molar refractivity (Wildman–Crippen MR) is 40.2 cm³/mol. The Hall–Kier alpha value is -0.660. The highest BCUT2D eigenvalue weighted by molar-refractivity contribution is 5.88. The zero-order valence-electron chi connectivity index (χ0n) is 5.96. The molecule has 0 radical (unpaired) electrons. The number of aliphatic imine (C=N–C) groups is 2. The van der Waals surface area contributed by atoms with Gasteiger partial charge in [-0.2, -0.15) is 0 Å². The van der Waals surface area contributed by atoms with Gasteiger partial charge in [-0.3, -0.25) is 4.99 Å². The second-order valence-corrected chi connectivity index (χ2v) is 2.54. The fourth-order valence-electron chi connectivity index (χ4n) is 0.768. The molecule has 1 aliphatic rings. The molecule has 0 spiro atoms. The molecule has 1 rings (SSSR count). The Labute approximate surface area is 55.7 Å². The molecule has 1 aliphatic heterocycles. The Morgan fingerprint density at radius 1 is 1.67 bits per heavy atom. The van der Waals surface area contributed by atoms with Gasteiger partial charge in [-0.05, 0) is 19.3 Å².